The van der Waals surface area contributed by atoms with Crippen molar-refractivity contribution in [2.24, 2.45) is 47.3 Å². The maximum absolute atomic E-state index is 12.8. The normalized spacial score (nSPS) is 44.9. The first-order valence-corrected chi connectivity index (χ1v) is 13.9. The van der Waals surface area contributed by atoms with Crippen LogP contribution in [0, 0.1) is 47.3 Å². The smallest absolute Gasteiger partial charge is 0.259 e. The molecule has 5 aliphatic rings. The van der Waals surface area contributed by atoms with E-state index in [0.717, 1.165) is 18.8 Å². The number of carbonyl (C=O) groups excluding carboxylic acids is 3. The van der Waals surface area contributed by atoms with Gasteiger partial charge in [0.15, 0.2) is 5.78 Å². The van der Waals surface area contributed by atoms with Gasteiger partial charge in [0.2, 0.25) is 5.91 Å². The lowest BCUT2D eigenvalue weighted by molar-refractivity contribution is -0.118. The molecule has 36 heavy (non-hydrogen) atoms. The summed E-state index contributed by atoms with van der Waals surface area (Å²) in [6.45, 7) is 5.05. The number of allylic oxidation sites excluding steroid dienone is 3. The fraction of sp³-hybridized carbons (Fsp3) is 0.690. The van der Waals surface area contributed by atoms with Crippen molar-refractivity contribution < 1.29 is 24.6 Å². The van der Waals surface area contributed by atoms with Crippen molar-refractivity contribution in [3.8, 4) is 0 Å². The van der Waals surface area contributed by atoms with Gasteiger partial charge in [0.25, 0.3) is 5.91 Å². The van der Waals surface area contributed by atoms with E-state index in [1.165, 1.54) is 18.9 Å². The summed E-state index contributed by atoms with van der Waals surface area (Å²) in [6.07, 6.45) is 12.3. The third-order valence-electron chi connectivity index (χ3n) is 10.1. The highest BCUT2D eigenvalue weighted by Crippen LogP contribution is 2.62. The Labute approximate surface area is 213 Å². The topological polar surface area (TPSA) is 116 Å². The second-order valence-corrected chi connectivity index (χ2v) is 11.8. The maximum atomic E-state index is 12.8. The van der Waals surface area contributed by atoms with E-state index in [2.05, 4.69) is 24.5 Å². The van der Waals surface area contributed by atoms with E-state index < -0.39 is 23.8 Å². The Morgan fingerprint density at radius 3 is 2.64 bits per heavy atom. The number of nitrogens with one attached hydrogen (secondary N) is 2. The molecular weight excluding hydrogens is 456 g/mol. The SMILES string of the molecule is CC[C@H]1C[C@@H]2C[C@@H]3[C@H]4C/C=C\C(=O)NCCCC5NC(=O)C(=C(O)/C=C/[C@@H]4C[C@H](O)[C@H]3[C@@H]2[C@H]1C)C5=O. The van der Waals surface area contributed by atoms with Gasteiger partial charge >= 0.3 is 0 Å². The number of aliphatic hydroxyl groups is 2. The third-order valence-corrected chi connectivity index (χ3v) is 10.1. The van der Waals surface area contributed by atoms with E-state index in [1.807, 2.05) is 12.2 Å². The van der Waals surface area contributed by atoms with Crippen LogP contribution in [0.25, 0.3) is 0 Å². The molecule has 0 radical (unpaired) electrons. The fourth-order valence-electron chi connectivity index (χ4n) is 8.49. The Morgan fingerprint density at radius 2 is 1.86 bits per heavy atom. The van der Waals surface area contributed by atoms with Crippen LogP contribution in [0.5, 0.6) is 0 Å². The Hall–Kier alpha value is -2.41. The van der Waals surface area contributed by atoms with Crippen LogP contribution in [0.2, 0.25) is 0 Å². The van der Waals surface area contributed by atoms with Crippen molar-refractivity contribution >= 4 is 17.6 Å². The zero-order valence-corrected chi connectivity index (χ0v) is 21.4. The van der Waals surface area contributed by atoms with Crippen LogP contribution in [0.3, 0.4) is 0 Å². The number of fused-ring (bicyclic) bond motifs is 7. The number of rotatable bonds is 1. The van der Waals surface area contributed by atoms with Gasteiger partial charge in [0.05, 0.1) is 12.1 Å². The van der Waals surface area contributed by atoms with Crippen molar-refractivity contribution in [1.29, 1.82) is 0 Å². The molecule has 10 atom stereocenters. The van der Waals surface area contributed by atoms with Crippen LogP contribution in [0.4, 0.5) is 0 Å². The molecule has 3 saturated carbocycles. The first-order valence-electron chi connectivity index (χ1n) is 13.9. The Kier molecular flexibility index (Phi) is 7.12. The number of aliphatic hydroxyl groups excluding tert-OH is 2. The maximum Gasteiger partial charge on any atom is 0.259 e. The van der Waals surface area contributed by atoms with E-state index in [9.17, 15) is 24.6 Å². The van der Waals surface area contributed by atoms with Crippen LogP contribution >= 0.6 is 0 Å². The number of ketones is 1. The molecule has 3 aliphatic carbocycles. The third kappa shape index (κ3) is 4.44. The summed E-state index contributed by atoms with van der Waals surface area (Å²) >= 11 is 0. The Bertz CT molecular complexity index is 1000. The van der Waals surface area contributed by atoms with Crippen molar-refractivity contribution in [3.63, 3.8) is 0 Å². The molecule has 1 unspecified atom stereocenters. The van der Waals surface area contributed by atoms with Gasteiger partial charge in [0.1, 0.15) is 11.3 Å². The number of amides is 2. The molecular formula is C29H40N2O5. The van der Waals surface area contributed by atoms with Crippen LogP contribution < -0.4 is 10.6 Å². The lowest BCUT2D eigenvalue weighted by Gasteiger charge is -2.44. The first kappa shape index (κ1) is 25.2. The Morgan fingerprint density at radius 1 is 1.06 bits per heavy atom. The lowest BCUT2D eigenvalue weighted by atomic mass is 9.62. The summed E-state index contributed by atoms with van der Waals surface area (Å²) in [4.78, 5) is 37.6. The molecule has 2 bridgehead atoms. The van der Waals surface area contributed by atoms with Gasteiger partial charge in [-0.1, -0.05) is 32.4 Å². The standard InChI is InChI=1S/C29H40N2O5/c1-3-16-12-18-13-20-19-6-4-8-24(34)30-11-5-7-21-28(35)27(29(36)31-21)22(32)10-9-17(19)14-23(33)26(20)25(18)15(16)2/h4,8-10,15-21,23,25-26,32-33H,3,5-7,11-14H2,1-2H3,(H,30,34)(H,31,36)/b8-4-,10-9+,27-22?/t15-,16-,17+,18+,19-,20+,21?,23-,25+,26-/m0/s1. The minimum atomic E-state index is -0.680. The van der Waals surface area contributed by atoms with Gasteiger partial charge < -0.3 is 20.8 Å². The van der Waals surface area contributed by atoms with E-state index in [0.29, 0.717) is 49.5 Å². The predicted octanol–water partition coefficient (Wildman–Crippen LogP) is 3.21. The van der Waals surface area contributed by atoms with Gasteiger partial charge in [0, 0.05) is 6.54 Å². The van der Waals surface area contributed by atoms with E-state index in [-0.39, 0.29) is 35.0 Å². The first-order chi connectivity index (χ1) is 17.3. The minimum Gasteiger partial charge on any atom is -0.507 e. The molecule has 0 aromatic heterocycles. The van der Waals surface area contributed by atoms with Gasteiger partial charge in [-0.15, -0.1) is 0 Å². The lowest BCUT2D eigenvalue weighted by Crippen LogP contribution is -2.43. The van der Waals surface area contributed by atoms with Crippen molar-refractivity contribution in [2.45, 2.75) is 70.9 Å². The van der Waals surface area contributed by atoms with Crippen molar-refractivity contribution in [3.05, 3.63) is 35.6 Å². The number of hydrogen-bond donors (Lipinski definition) is 4. The summed E-state index contributed by atoms with van der Waals surface area (Å²) in [6, 6.07) is -0.680. The number of hydrogen-bond acceptors (Lipinski definition) is 5. The molecule has 7 heteroatoms. The van der Waals surface area contributed by atoms with Gasteiger partial charge in [-0.25, -0.2) is 0 Å². The molecule has 196 valence electrons. The molecule has 1 saturated heterocycles. The molecule has 2 aliphatic heterocycles. The molecule has 0 aromatic carbocycles. The highest BCUT2D eigenvalue weighted by molar-refractivity contribution is 6.27. The van der Waals surface area contributed by atoms with Gasteiger partial charge in [-0.05, 0) is 98.0 Å². The van der Waals surface area contributed by atoms with Crippen LogP contribution in [-0.4, -0.2) is 46.5 Å². The van der Waals surface area contributed by atoms with Crippen LogP contribution in [0.1, 0.15) is 58.8 Å². The number of carbonyl (C=O) groups is 3. The molecule has 4 N–H and O–H groups in total. The largest absolute Gasteiger partial charge is 0.507 e. The summed E-state index contributed by atoms with van der Waals surface area (Å²) in [5.74, 6) is 1.94. The molecule has 2 heterocycles. The summed E-state index contributed by atoms with van der Waals surface area (Å²) < 4.78 is 0. The van der Waals surface area contributed by atoms with Crippen molar-refractivity contribution in [1.82, 2.24) is 10.6 Å². The zero-order valence-electron chi connectivity index (χ0n) is 21.4. The van der Waals surface area contributed by atoms with E-state index in [1.54, 1.807) is 6.08 Å². The van der Waals surface area contributed by atoms with E-state index in [4.69, 9.17) is 0 Å². The van der Waals surface area contributed by atoms with Gasteiger partial charge in [-0.2, -0.15) is 0 Å². The molecule has 7 nitrogen and oxygen atoms in total. The molecule has 0 spiro atoms. The average Bonchev–Trinajstić information content (AvgIpc) is 3.46. The summed E-state index contributed by atoms with van der Waals surface area (Å²) in [7, 11) is 0. The Balaban J connectivity index is 1.46. The van der Waals surface area contributed by atoms with Crippen LogP contribution in [0.15, 0.2) is 35.6 Å². The molecule has 0 aromatic rings. The monoisotopic (exact) mass is 496 g/mol. The second kappa shape index (κ2) is 10.2. The van der Waals surface area contributed by atoms with Gasteiger partial charge in [-0.3, -0.25) is 14.4 Å². The quantitative estimate of drug-likeness (QED) is 0.416. The molecule has 2 amide bonds. The minimum absolute atomic E-state index is 0.0175. The average molecular weight is 497 g/mol. The highest BCUT2D eigenvalue weighted by Gasteiger charge is 2.57. The molecule has 4 fully saturated rings. The number of Topliss-reactive ketones (excluding diaryl/α,β-unsaturated/α-hetero) is 1. The van der Waals surface area contributed by atoms with E-state index >= 15 is 0 Å². The van der Waals surface area contributed by atoms with Crippen LogP contribution in [-0.2, 0) is 14.4 Å². The molecule has 5 rings (SSSR count). The zero-order chi connectivity index (χ0) is 25.6. The van der Waals surface area contributed by atoms with Crippen molar-refractivity contribution in [2.75, 3.05) is 6.54 Å². The summed E-state index contributed by atoms with van der Waals surface area (Å²) in [5, 5.41) is 27.6. The predicted molar refractivity (Wildman–Crippen MR) is 135 cm³/mol. The second-order valence-electron chi connectivity index (χ2n) is 11.8. The summed E-state index contributed by atoms with van der Waals surface area (Å²) in [5.41, 5.74) is -0.187. The fourth-order valence-corrected chi connectivity index (χ4v) is 8.49. The highest BCUT2D eigenvalue weighted by atomic mass is 16.3.